The summed E-state index contributed by atoms with van der Waals surface area (Å²) < 4.78 is 10.0. The quantitative estimate of drug-likeness (QED) is 0.710. The van der Waals surface area contributed by atoms with E-state index in [-0.39, 0.29) is 5.91 Å². The fourth-order valence-corrected chi connectivity index (χ4v) is 2.39. The van der Waals surface area contributed by atoms with Crippen molar-refractivity contribution in [2.45, 2.75) is 0 Å². The molecule has 0 bridgehead atoms. The molecule has 2 aromatic heterocycles. The van der Waals surface area contributed by atoms with Crippen LogP contribution in [0.5, 0.6) is 0 Å². The van der Waals surface area contributed by atoms with Gasteiger partial charge in [-0.15, -0.1) is 5.10 Å². The largest absolute Gasteiger partial charge is 0.430 e. The second-order valence-corrected chi connectivity index (χ2v) is 5.42. The maximum absolute atomic E-state index is 11.9. The first-order valence-corrected chi connectivity index (χ1v) is 7.99. The van der Waals surface area contributed by atoms with E-state index in [0.717, 1.165) is 25.0 Å². The molecule has 132 valence electrons. The average molecular weight is 345 g/mol. The predicted octanol–water partition coefficient (Wildman–Crippen LogP) is 0.108. The summed E-state index contributed by atoms with van der Waals surface area (Å²) in [7, 11) is 0. The van der Waals surface area contributed by atoms with Crippen LogP contribution >= 0.6 is 0 Å². The number of carbonyl (C=O) groups is 1. The molecule has 1 aliphatic rings. The Morgan fingerprint density at radius 1 is 1.24 bits per heavy atom. The zero-order valence-electron chi connectivity index (χ0n) is 13.6. The number of carbonyl (C=O) groups excluding carboxylic acids is 1. The van der Waals surface area contributed by atoms with Crippen molar-refractivity contribution in [1.29, 1.82) is 0 Å². The third kappa shape index (κ3) is 4.77. The van der Waals surface area contributed by atoms with Gasteiger partial charge in [0, 0.05) is 38.3 Å². The predicted molar refractivity (Wildman–Crippen MR) is 90.9 cm³/mol. The van der Waals surface area contributed by atoms with E-state index in [4.69, 9.17) is 4.74 Å². The van der Waals surface area contributed by atoms with Crippen molar-refractivity contribution in [2.75, 3.05) is 49.6 Å². The molecule has 2 aromatic rings. The van der Waals surface area contributed by atoms with Crippen LogP contribution < -0.4 is 21.2 Å². The van der Waals surface area contributed by atoms with Crippen LogP contribution in [0.3, 0.4) is 0 Å². The molecule has 9 nitrogen and oxygen atoms in total. The standard InChI is InChI=1S/C16H19N5O4/c22-15-2-1-12(11-25-15)16(23)18-4-3-17-14-9-13(10-19-20-14)21-5-7-24-8-6-21/h1-2,9-11H,3-8H2,(H,17,20)(H,18,23). The van der Waals surface area contributed by atoms with Gasteiger partial charge in [-0.1, -0.05) is 0 Å². The Kier molecular flexibility index (Phi) is 5.57. The van der Waals surface area contributed by atoms with Crippen LogP contribution in [0, 0.1) is 0 Å². The molecule has 0 aliphatic carbocycles. The molecule has 1 saturated heterocycles. The number of aromatic nitrogens is 2. The van der Waals surface area contributed by atoms with E-state index in [9.17, 15) is 9.59 Å². The first-order valence-electron chi connectivity index (χ1n) is 7.99. The minimum absolute atomic E-state index is 0.300. The van der Waals surface area contributed by atoms with Crippen molar-refractivity contribution < 1.29 is 13.9 Å². The Morgan fingerprint density at radius 3 is 2.84 bits per heavy atom. The van der Waals surface area contributed by atoms with Crippen molar-refractivity contribution in [3.05, 3.63) is 46.6 Å². The second-order valence-electron chi connectivity index (χ2n) is 5.42. The third-order valence-electron chi connectivity index (χ3n) is 3.70. The normalized spacial score (nSPS) is 14.2. The fraction of sp³-hybridized carbons (Fsp3) is 0.375. The van der Waals surface area contributed by atoms with Gasteiger partial charge in [0.2, 0.25) is 0 Å². The number of hydrogen-bond donors (Lipinski definition) is 2. The average Bonchev–Trinajstić information content (AvgIpc) is 2.66. The molecule has 9 heteroatoms. The van der Waals surface area contributed by atoms with E-state index in [1.54, 1.807) is 6.20 Å². The SMILES string of the molecule is O=C(NCCNc1cc(N2CCOCC2)cnn1)c1ccc(=O)oc1. The third-order valence-corrected chi connectivity index (χ3v) is 3.70. The number of anilines is 2. The van der Waals surface area contributed by atoms with E-state index in [0.29, 0.717) is 37.7 Å². The summed E-state index contributed by atoms with van der Waals surface area (Å²) in [5.41, 5.74) is 0.801. The lowest BCUT2D eigenvalue weighted by Gasteiger charge is -2.28. The molecular formula is C16H19N5O4. The molecule has 0 saturated carbocycles. The molecule has 2 N–H and O–H groups in total. The highest BCUT2D eigenvalue weighted by atomic mass is 16.5. The Hall–Kier alpha value is -2.94. The van der Waals surface area contributed by atoms with Gasteiger partial charge in [-0.2, -0.15) is 5.10 Å². The summed E-state index contributed by atoms with van der Waals surface area (Å²) in [6.07, 6.45) is 2.86. The number of nitrogens with one attached hydrogen (secondary N) is 2. The van der Waals surface area contributed by atoms with E-state index in [2.05, 4.69) is 30.1 Å². The lowest BCUT2D eigenvalue weighted by molar-refractivity contribution is 0.0952. The van der Waals surface area contributed by atoms with Crippen LogP contribution in [0.4, 0.5) is 11.5 Å². The van der Waals surface area contributed by atoms with Gasteiger partial charge < -0.3 is 24.7 Å². The topological polar surface area (TPSA) is 110 Å². The molecule has 0 radical (unpaired) electrons. The van der Waals surface area contributed by atoms with Gasteiger partial charge in [0.05, 0.1) is 30.7 Å². The highest BCUT2D eigenvalue weighted by Crippen LogP contribution is 2.16. The first-order chi connectivity index (χ1) is 12.2. The molecule has 3 heterocycles. The highest BCUT2D eigenvalue weighted by molar-refractivity contribution is 5.93. The monoisotopic (exact) mass is 345 g/mol. The van der Waals surface area contributed by atoms with Gasteiger partial charge in [-0.05, 0) is 6.07 Å². The van der Waals surface area contributed by atoms with Gasteiger partial charge in [0.15, 0.2) is 5.82 Å². The number of nitrogens with zero attached hydrogens (tertiary/aromatic N) is 3. The lowest BCUT2D eigenvalue weighted by atomic mass is 10.3. The Bertz CT molecular complexity index is 753. The number of rotatable bonds is 6. The highest BCUT2D eigenvalue weighted by Gasteiger charge is 2.12. The zero-order chi connectivity index (χ0) is 17.5. The molecule has 1 amide bonds. The second kappa shape index (κ2) is 8.25. The Labute approximate surface area is 144 Å². The molecule has 1 aliphatic heterocycles. The Morgan fingerprint density at radius 2 is 2.08 bits per heavy atom. The van der Waals surface area contributed by atoms with Gasteiger partial charge in [0.25, 0.3) is 5.91 Å². The number of morpholine rings is 1. The van der Waals surface area contributed by atoms with Gasteiger partial charge in [-0.25, -0.2) is 4.79 Å². The van der Waals surface area contributed by atoms with E-state index >= 15 is 0 Å². The molecule has 0 atom stereocenters. The van der Waals surface area contributed by atoms with Crippen molar-refractivity contribution in [1.82, 2.24) is 15.5 Å². The van der Waals surface area contributed by atoms with Crippen LogP contribution in [-0.4, -0.2) is 55.5 Å². The summed E-state index contributed by atoms with van der Waals surface area (Å²) in [5, 5.41) is 13.9. The van der Waals surface area contributed by atoms with Crippen molar-refractivity contribution in [3.8, 4) is 0 Å². The molecule has 1 fully saturated rings. The summed E-state index contributed by atoms with van der Waals surface area (Å²) in [6, 6.07) is 4.55. The summed E-state index contributed by atoms with van der Waals surface area (Å²) >= 11 is 0. The Balaban J connectivity index is 1.46. The fourth-order valence-electron chi connectivity index (χ4n) is 2.39. The molecule has 0 spiro atoms. The van der Waals surface area contributed by atoms with Crippen LogP contribution in [0.1, 0.15) is 10.4 Å². The van der Waals surface area contributed by atoms with Gasteiger partial charge >= 0.3 is 5.63 Å². The van der Waals surface area contributed by atoms with Gasteiger partial charge in [0.1, 0.15) is 6.26 Å². The van der Waals surface area contributed by atoms with E-state index < -0.39 is 5.63 Å². The number of ether oxygens (including phenoxy) is 1. The summed E-state index contributed by atoms with van der Waals surface area (Å²) in [6.45, 7) is 3.95. The van der Waals surface area contributed by atoms with Crippen molar-refractivity contribution in [3.63, 3.8) is 0 Å². The van der Waals surface area contributed by atoms with E-state index in [1.165, 1.54) is 12.1 Å². The maximum atomic E-state index is 11.9. The summed E-state index contributed by atoms with van der Waals surface area (Å²) in [5.74, 6) is 0.336. The van der Waals surface area contributed by atoms with Crippen LogP contribution in [0.2, 0.25) is 0 Å². The van der Waals surface area contributed by atoms with Crippen LogP contribution in [-0.2, 0) is 4.74 Å². The van der Waals surface area contributed by atoms with Crippen LogP contribution in [0.25, 0.3) is 0 Å². The number of hydrogen-bond acceptors (Lipinski definition) is 8. The minimum atomic E-state index is -0.489. The first kappa shape index (κ1) is 16.9. The molecule has 25 heavy (non-hydrogen) atoms. The minimum Gasteiger partial charge on any atom is -0.430 e. The smallest absolute Gasteiger partial charge is 0.335 e. The molecular weight excluding hydrogens is 326 g/mol. The molecule has 0 unspecified atom stereocenters. The van der Waals surface area contributed by atoms with Gasteiger partial charge in [-0.3, -0.25) is 4.79 Å². The van der Waals surface area contributed by atoms with Crippen LogP contribution in [0.15, 0.2) is 39.9 Å². The lowest BCUT2D eigenvalue weighted by Crippen LogP contribution is -2.36. The summed E-state index contributed by atoms with van der Waals surface area (Å²) in [4.78, 5) is 24.9. The van der Waals surface area contributed by atoms with Crippen molar-refractivity contribution >= 4 is 17.4 Å². The maximum Gasteiger partial charge on any atom is 0.335 e. The van der Waals surface area contributed by atoms with E-state index in [1.807, 2.05) is 6.07 Å². The molecule has 0 aromatic carbocycles. The molecule has 3 rings (SSSR count). The van der Waals surface area contributed by atoms with Crippen molar-refractivity contribution in [2.24, 2.45) is 0 Å². The zero-order valence-corrected chi connectivity index (χ0v) is 13.6. The number of amides is 1.